The van der Waals surface area contributed by atoms with Gasteiger partial charge in [0.05, 0.1) is 0 Å². The number of ketones is 1. The van der Waals surface area contributed by atoms with Gasteiger partial charge >= 0.3 is 5.97 Å². The van der Waals surface area contributed by atoms with Crippen molar-refractivity contribution in [3.05, 3.63) is 0 Å². The van der Waals surface area contributed by atoms with Gasteiger partial charge in [0.1, 0.15) is 5.78 Å². The van der Waals surface area contributed by atoms with Crippen LogP contribution in [0.1, 0.15) is 78.1 Å². The van der Waals surface area contributed by atoms with E-state index in [4.69, 9.17) is 4.84 Å². The van der Waals surface area contributed by atoms with Crippen LogP contribution in [0.5, 0.6) is 0 Å². The molecule has 1 heterocycles. The summed E-state index contributed by atoms with van der Waals surface area (Å²) < 4.78 is 0. The zero-order valence-corrected chi connectivity index (χ0v) is 14.1. The Morgan fingerprint density at radius 1 is 0.957 bits per heavy atom. The molecule has 0 saturated carbocycles. The smallest absolute Gasteiger partial charge is 0.330 e. The summed E-state index contributed by atoms with van der Waals surface area (Å²) in [5.41, 5.74) is 0. The van der Waals surface area contributed by atoms with Gasteiger partial charge in [0.25, 0.3) is 11.8 Å². The molecule has 2 amide bonds. The lowest BCUT2D eigenvalue weighted by Gasteiger charge is -2.12. The van der Waals surface area contributed by atoms with Crippen LogP contribution in [-0.2, 0) is 24.0 Å². The minimum absolute atomic E-state index is 0.0378. The minimum atomic E-state index is -0.640. The normalized spacial score (nSPS) is 14.7. The zero-order chi connectivity index (χ0) is 17.2. The Labute approximate surface area is 137 Å². The standard InChI is InChI=1S/C17H27NO5/c1-13(2)7-4-3-5-8-14(19)9-6-10-17(22)23-18-15(20)11-12-16(18)21/h13H,3-12H2,1-2H3. The van der Waals surface area contributed by atoms with Crippen molar-refractivity contribution in [2.45, 2.75) is 78.1 Å². The van der Waals surface area contributed by atoms with Crippen LogP contribution in [0.15, 0.2) is 0 Å². The number of carbonyl (C=O) groups excluding carboxylic acids is 4. The van der Waals surface area contributed by atoms with Crippen LogP contribution in [0.4, 0.5) is 0 Å². The first-order chi connectivity index (χ1) is 10.9. The van der Waals surface area contributed by atoms with Gasteiger partial charge < -0.3 is 4.84 Å². The van der Waals surface area contributed by atoms with Gasteiger partial charge in [0.15, 0.2) is 0 Å². The maximum Gasteiger partial charge on any atom is 0.333 e. The summed E-state index contributed by atoms with van der Waals surface area (Å²) in [5, 5.41) is 0.541. The molecular formula is C17H27NO5. The average Bonchev–Trinajstić information content (AvgIpc) is 2.78. The highest BCUT2D eigenvalue weighted by atomic mass is 16.7. The summed E-state index contributed by atoms with van der Waals surface area (Å²) in [6.07, 6.45) is 5.78. The number of hydrogen-bond acceptors (Lipinski definition) is 5. The second-order valence-corrected chi connectivity index (χ2v) is 6.43. The van der Waals surface area contributed by atoms with E-state index in [-0.39, 0.29) is 25.0 Å². The predicted molar refractivity (Wildman–Crippen MR) is 84.0 cm³/mol. The van der Waals surface area contributed by atoms with Crippen molar-refractivity contribution in [3.8, 4) is 0 Å². The van der Waals surface area contributed by atoms with E-state index in [0.29, 0.717) is 30.2 Å². The SMILES string of the molecule is CC(C)CCCCCC(=O)CCCC(=O)ON1C(=O)CCC1=O. The molecule has 0 unspecified atom stereocenters. The van der Waals surface area contributed by atoms with Crippen molar-refractivity contribution in [1.82, 2.24) is 5.06 Å². The predicted octanol–water partition coefficient (Wildman–Crippen LogP) is 2.94. The van der Waals surface area contributed by atoms with Crippen LogP contribution in [0.2, 0.25) is 0 Å². The number of imide groups is 1. The largest absolute Gasteiger partial charge is 0.333 e. The number of carbonyl (C=O) groups is 4. The summed E-state index contributed by atoms with van der Waals surface area (Å²) >= 11 is 0. The lowest BCUT2D eigenvalue weighted by molar-refractivity contribution is -0.197. The van der Waals surface area contributed by atoms with Crippen molar-refractivity contribution >= 4 is 23.6 Å². The van der Waals surface area contributed by atoms with E-state index in [0.717, 1.165) is 19.3 Å². The van der Waals surface area contributed by atoms with Gasteiger partial charge in [0, 0.05) is 32.1 Å². The monoisotopic (exact) mass is 325 g/mol. The molecule has 0 aromatic rings. The highest BCUT2D eigenvalue weighted by Gasteiger charge is 2.32. The Hall–Kier alpha value is -1.72. The fraction of sp³-hybridized carbons (Fsp3) is 0.765. The van der Waals surface area contributed by atoms with Crippen LogP contribution < -0.4 is 0 Å². The summed E-state index contributed by atoms with van der Waals surface area (Å²) in [6, 6.07) is 0. The second kappa shape index (κ2) is 10.1. The number of Topliss-reactive ketones (excluding diaryl/α,β-unsaturated/α-hetero) is 1. The highest BCUT2D eigenvalue weighted by molar-refractivity contribution is 6.01. The quantitative estimate of drug-likeness (QED) is 0.431. The summed E-state index contributed by atoms with van der Waals surface area (Å²) in [6.45, 7) is 4.38. The van der Waals surface area contributed by atoms with Gasteiger partial charge in [-0.1, -0.05) is 33.1 Å². The Balaban J connectivity index is 2.06. The van der Waals surface area contributed by atoms with Gasteiger partial charge in [0.2, 0.25) is 0 Å². The van der Waals surface area contributed by atoms with Gasteiger partial charge in [-0.25, -0.2) is 4.79 Å². The van der Waals surface area contributed by atoms with Crippen molar-refractivity contribution in [3.63, 3.8) is 0 Å². The zero-order valence-electron chi connectivity index (χ0n) is 14.1. The van der Waals surface area contributed by atoms with Crippen molar-refractivity contribution in [2.75, 3.05) is 0 Å². The number of unbranched alkanes of at least 4 members (excludes halogenated alkanes) is 2. The Bertz CT molecular complexity index is 428. The highest BCUT2D eigenvalue weighted by Crippen LogP contribution is 2.14. The first-order valence-electron chi connectivity index (χ1n) is 8.48. The average molecular weight is 325 g/mol. The molecule has 0 radical (unpaired) electrons. The first-order valence-corrected chi connectivity index (χ1v) is 8.48. The third-order valence-electron chi connectivity index (χ3n) is 3.77. The van der Waals surface area contributed by atoms with Crippen molar-refractivity contribution < 1.29 is 24.0 Å². The van der Waals surface area contributed by atoms with Crippen LogP contribution >= 0.6 is 0 Å². The third kappa shape index (κ3) is 7.90. The Morgan fingerprint density at radius 2 is 1.57 bits per heavy atom. The summed E-state index contributed by atoms with van der Waals surface area (Å²) in [7, 11) is 0. The molecule has 1 rings (SSSR count). The maximum atomic E-state index is 11.7. The number of hydrogen-bond donors (Lipinski definition) is 0. The molecule has 0 aliphatic carbocycles. The summed E-state index contributed by atoms with van der Waals surface area (Å²) in [4.78, 5) is 50.6. The van der Waals surface area contributed by atoms with Gasteiger partial charge in [-0.2, -0.15) is 0 Å². The fourth-order valence-corrected chi connectivity index (χ4v) is 2.41. The van der Waals surface area contributed by atoms with Gasteiger partial charge in [-0.05, 0) is 18.8 Å². The molecule has 0 atom stereocenters. The lowest BCUT2D eigenvalue weighted by atomic mass is 10.0. The van der Waals surface area contributed by atoms with Crippen molar-refractivity contribution in [1.29, 1.82) is 0 Å². The molecule has 0 aromatic heterocycles. The number of rotatable bonds is 11. The second-order valence-electron chi connectivity index (χ2n) is 6.43. The fourth-order valence-electron chi connectivity index (χ4n) is 2.41. The molecule has 1 aliphatic heterocycles. The van der Waals surface area contributed by atoms with E-state index in [9.17, 15) is 19.2 Å². The molecule has 0 N–H and O–H groups in total. The van der Waals surface area contributed by atoms with E-state index >= 15 is 0 Å². The summed E-state index contributed by atoms with van der Waals surface area (Å²) in [5.74, 6) is -0.762. The maximum absolute atomic E-state index is 11.7. The van der Waals surface area contributed by atoms with E-state index in [2.05, 4.69) is 13.8 Å². The number of nitrogens with zero attached hydrogens (tertiary/aromatic N) is 1. The molecule has 0 spiro atoms. The van der Waals surface area contributed by atoms with Crippen LogP contribution in [-0.4, -0.2) is 28.6 Å². The molecule has 0 aromatic carbocycles. The first kappa shape index (κ1) is 19.3. The minimum Gasteiger partial charge on any atom is -0.330 e. The van der Waals surface area contributed by atoms with Gasteiger partial charge in [-0.15, -0.1) is 5.06 Å². The molecule has 1 saturated heterocycles. The van der Waals surface area contributed by atoms with Crippen molar-refractivity contribution in [2.24, 2.45) is 5.92 Å². The van der Waals surface area contributed by atoms with E-state index in [1.54, 1.807) is 0 Å². The van der Waals surface area contributed by atoms with Crippen LogP contribution in [0.25, 0.3) is 0 Å². The third-order valence-corrected chi connectivity index (χ3v) is 3.77. The molecule has 1 aliphatic rings. The topological polar surface area (TPSA) is 80.8 Å². The van der Waals surface area contributed by atoms with E-state index in [1.807, 2.05) is 0 Å². The van der Waals surface area contributed by atoms with E-state index in [1.165, 1.54) is 6.42 Å². The molecule has 23 heavy (non-hydrogen) atoms. The molecule has 130 valence electrons. The Morgan fingerprint density at radius 3 is 2.17 bits per heavy atom. The molecule has 6 heteroatoms. The molecule has 0 bridgehead atoms. The number of amides is 2. The Kier molecular flexibility index (Phi) is 8.51. The lowest BCUT2D eigenvalue weighted by Crippen LogP contribution is -2.32. The van der Waals surface area contributed by atoms with Crippen LogP contribution in [0, 0.1) is 5.92 Å². The molecule has 6 nitrogen and oxygen atoms in total. The number of hydroxylamine groups is 2. The molecular weight excluding hydrogens is 298 g/mol. The van der Waals surface area contributed by atoms with Gasteiger partial charge in [-0.3, -0.25) is 14.4 Å². The van der Waals surface area contributed by atoms with Crippen LogP contribution in [0.3, 0.4) is 0 Å². The molecule has 1 fully saturated rings. The van der Waals surface area contributed by atoms with E-state index < -0.39 is 17.8 Å².